The Labute approximate surface area is 176 Å². The molecule has 4 saturated carbocycles. The van der Waals surface area contributed by atoms with Crippen molar-refractivity contribution in [3.05, 3.63) is 0 Å². The Morgan fingerprint density at radius 3 is 2.48 bits per heavy atom. The van der Waals surface area contributed by atoms with Gasteiger partial charge in [-0.3, -0.25) is 4.79 Å². The molecule has 4 fully saturated rings. The van der Waals surface area contributed by atoms with Crippen molar-refractivity contribution in [3.63, 3.8) is 0 Å². The van der Waals surface area contributed by atoms with E-state index in [0.717, 1.165) is 38.5 Å². The third kappa shape index (κ3) is 3.37. The van der Waals surface area contributed by atoms with Gasteiger partial charge in [-0.25, -0.2) is 0 Å². The highest BCUT2D eigenvalue weighted by atomic mass is 16.4. The molecule has 0 radical (unpaired) electrons. The van der Waals surface area contributed by atoms with Crippen LogP contribution in [0.5, 0.6) is 0 Å². The second-order valence-corrected chi connectivity index (χ2v) is 11.6. The van der Waals surface area contributed by atoms with E-state index >= 15 is 0 Å². The smallest absolute Gasteiger partial charge is 0.303 e. The molecule has 12 atom stereocenters. The summed E-state index contributed by atoms with van der Waals surface area (Å²) in [6.45, 7) is 9.22. The zero-order valence-electron chi connectivity index (χ0n) is 18.8. The minimum atomic E-state index is -0.679. The van der Waals surface area contributed by atoms with Gasteiger partial charge in [0, 0.05) is 6.42 Å². The second-order valence-electron chi connectivity index (χ2n) is 11.6. The van der Waals surface area contributed by atoms with Gasteiger partial charge in [-0.15, -0.1) is 0 Å². The quantitative estimate of drug-likeness (QED) is 0.639. The van der Waals surface area contributed by atoms with Gasteiger partial charge in [0.1, 0.15) is 0 Å². The largest absolute Gasteiger partial charge is 0.481 e. The molecule has 3 N–H and O–H groups in total. The molecular weight excluding hydrogens is 364 g/mol. The number of rotatable bonds is 4. The predicted molar refractivity (Wildman–Crippen MR) is 113 cm³/mol. The maximum atomic E-state index is 11.6. The summed E-state index contributed by atoms with van der Waals surface area (Å²) in [5.74, 6) is 3.35. The second kappa shape index (κ2) is 7.82. The fourth-order valence-corrected chi connectivity index (χ4v) is 9.20. The first-order chi connectivity index (χ1) is 13.7. The van der Waals surface area contributed by atoms with Gasteiger partial charge in [-0.2, -0.15) is 0 Å². The molecule has 4 rings (SSSR count). The molecule has 0 amide bonds. The van der Waals surface area contributed by atoms with E-state index in [-0.39, 0.29) is 30.0 Å². The Morgan fingerprint density at radius 1 is 1.10 bits per heavy atom. The van der Waals surface area contributed by atoms with Gasteiger partial charge in [-0.05, 0) is 97.2 Å². The van der Waals surface area contributed by atoms with Crippen LogP contribution in [-0.4, -0.2) is 33.5 Å². The fourth-order valence-electron chi connectivity index (χ4n) is 9.20. The number of carboxylic acid groups (broad SMARTS) is 1. The van der Waals surface area contributed by atoms with Gasteiger partial charge >= 0.3 is 5.97 Å². The van der Waals surface area contributed by atoms with Crippen LogP contribution in [0.1, 0.15) is 79.1 Å². The average Bonchev–Trinajstić information content (AvgIpc) is 3.09. The Bertz CT molecular complexity index is 620. The van der Waals surface area contributed by atoms with Crippen LogP contribution in [0, 0.1) is 58.7 Å². The summed E-state index contributed by atoms with van der Waals surface area (Å²) in [5, 5.41) is 31.4. The van der Waals surface area contributed by atoms with Crippen molar-refractivity contribution in [2.24, 2.45) is 58.7 Å². The summed E-state index contributed by atoms with van der Waals surface area (Å²) in [5.41, 5.74) is 0.230. The van der Waals surface area contributed by atoms with Gasteiger partial charge in [-0.1, -0.05) is 34.1 Å². The highest BCUT2D eigenvalue weighted by molar-refractivity contribution is 5.67. The molecule has 0 bridgehead atoms. The highest BCUT2D eigenvalue weighted by Gasteiger charge is 2.63. The summed E-state index contributed by atoms with van der Waals surface area (Å²) >= 11 is 0. The molecule has 4 aliphatic rings. The van der Waals surface area contributed by atoms with Crippen LogP contribution in [0.4, 0.5) is 0 Å². The summed E-state index contributed by atoms with van der Waals surface area (Å²) in [7, 11) is 0. The van der Waals surface area contributed by atoms with Gasteiger partial charge in [0.25, 0.3) is 0 Å². The number of carbonyl (C=O) groups is 1. The van der Waals surface area contributed by atoms with E-state index in [2.05, 4.69) is 27.7 Å². The van der Waals surface area contributed by atoms with Crippen molar-refractivity contribution in [2.45, 2.75) is 91.3 Å². The molecule has 0 aliphatic heterocycles. The van der Waals surface area contributed by atoms with Crippen LogP contribution < -0.4 is 0 Å². The molecule has 0 spiro atoms. The maximum Gasteiger partial charge on any atom is 0.303 e. The minimum Gasteiger partial charge on any atom is -0.481 e. The average molecular weight is 407 g/mol. The van der Waals surface area contributed by atoms with Gasteiger partial charge in [0.2, 0.25) is 0 Å². The lowest BCUT2D eigenvalue weighted by molar-refractivity contribution is -0.199. The maximum absolute atomic E-state index is 11.6. The van der Waals surface area contributed by atoms with Crippen LogP contribution in [0.3, 0.4) is 0 Å². The number of fused-ring (bicyclic) bond motifs is 5. The Morgan fingerprint density at radius 2 is 1.83 bits per heavy atom. The van der Waals surface area contributed by atoms with Crippen LogP contribution in [0.25, 0.3) is 0 Å². The Kier molecular flexibility index (Phi) is 5.83. The highest BCUT2D eigenvalue weighted by Crippen LogP contribution is 2.67. The third-order valence-corrected chi connectivity index (χ3v) is 10.3. The molecule has 0 saturated heterocycles. The van der Waals surface area contributed by atoms with E-state index in [1.165, 1.54) is 6.42 Å². The van der Waals surface area contributed by atoms with Gasteiger partial charge < -0.3 is 15.3 Å². The normalized spacial score (nSPS) is 52.9. The van der Waals surface area contributed by atoms with E-state index in [1.54, 1.807) is 0 Å². The minimum absolute atomic E-state index is 0.202. The Balaban J connectivity index is 1.65. The molecule has 0 aromatic carbocycles. The fraction of sp³-hybridized carbons (Fsp3) is 0.960. The van der Waals surface area contributed by atoms with Crippen molar-refractivity contribution >= 4 is 5.97 Å². The van der Waals surface area contributed by atoms with E-state index in [1.807, 2.05) is 0 Å². The van der Waals surface area contributed by atoms with Crippen LogP contribution in [0.15, 0.2) is 0 Å². The van der Waals surface area contributed by atoms with Crippen molar-refractivity contribution in [2.75, 3.05) is 0 Å². The molecule has 4 aliphatic carbocycles. The predicted octanol–water partition coefficient (Wildman–Crippen LogP) is 4.58. The van der Waals surface area contributed by atoms with E-state index < -0.39 is 5.97 Å². The summed E-state index contributed by atoms with van der Waals surface area (Å²) in [6.07, 6.45) is 7.09. The van der Waals surface area contributed by atoms with Crippen molar-refractivity contribution < 1.29 is 20.1 Å². The standard InChI is InChI=1S/C25H42O4/c1-5-16-19-12-15(26)8-9-25(19,4)20-10-14(3)22-17(13(2)11-21(27)28)6-7-18(22)23(20)24(16)29/h13-20,22-24,26,29H,5-12H2,1-4H3,(H,27,28)/t13-,14-,15-,16-,17-,18-,19+,20+,22-,23+,24-,25+/m1/s1. The van der Waals surface area contributed by atoms with Crippen molar-refractivity contribution in [1.29, 1.82) is 0 Å². The third-order valence-electron chi connectivity index (χ3n) is 10.3. The van der Waals surface area contributed by atoms with E-state index in [0.29, 0.717) is 47.3 Å². The molecule has 29 heavy (non-hydrogen) atoms. The number of hydrogen-bond acceptors (Lipinski definition) is 3. The lowest BCUT2D eigenvalue weighted by atomic mass is 9.42. The molecule has 4 nitrogen and oxygen atoms in total. The van der Waals surface area contributed by atoms with Crippen LogP contribution in [-0.2, 0) is 4.79 Å². The van der Waals surface area contributed by atoms with E-state index in [4.69, 9.17) is 0 Å². The summed E-state index contributed by atoms with van der Waals surface area (Å²) in [6, 6.07) is 0. The van der Waals surface area contributed by atoms with Crippen LogP contribution in [0.2, 0.25) is 0 Å². The topological polar surface area (TPSA) is 77.8 Å². The van der Waals surface area contributed by atoms with Gasteiger partial charge in [0.05, 0.1) is 12.2 Å². The van der Waals surface area contributed by atoms with E-state index in [9.17, 15) is 20.1 Å². The van der Waals surface area contributed by atoms with Crippen molar-refractivity contribution in [1.82, 2.24) is 0 Å². The first kappa shape index (κ1) is 21.6. The molecule has 0 heterocycles. The van der Waals surface area contributed by atoms with Crippen molar-refractivity contribution in [3.8, 4) is 0 Å². The number of aliphatic carboxylic acids is 1. The van der Waals surface area contributed by atoms with Gasteiger partial charge in [0.15, 0.2) is 0 Å². The number of aliphatic hydroxyl groups excluding tert-OH is 2. The SMILES string of the molecule is CC[C@H]1[C@@H](O)[C@H]2[C@@H]3CC[C@H]([C@H](C)CC(=O)O)[C@H]3[C@H](C)C[C@@H]2[C@@]2(C)CC[C@@H](O)C[C@@H]12. The summed E-state index contributed by atoms with van der Waals surface area (Å²) < 4.78 is 0. The zero-order chi connectivity index (χ0) is 21.1. The molecule has 0 unspecified atom stereocenters. The lowest BCUT2D eigenvalue weighted by Gasteiger charge is -2.64. The molecule has 0 aromatic rings. The number of hydrogen-bond donors (Lipinski definition) is 3. The first-order valence-electron chi connectivity index (χ1n) is 12.3. The monoisotopic (exact) mass is 406 g/mol. The lowest BCUT2D eigenvalue weighted by Crippen LogP contribution is -2.61. The number of carboxylic acids is 1. The Hall–Kier alpha value is -0.610. The number of aliphatic hydroxyl groups is 2. The summed E-state index contributed by atoms with van der Waals surface area (Å²) in [4.78, 5) is 11.3. The molecule has 4 heteroatoms. The molecule has 0 aromatic heterocycles. The molecule has 166 valence electrons. The first-order valence-corrected chi connectivity index (χ1v) is 12.3. The zero-order valence-corrected chi connectivity index (χ0v) is 18.8. The van der Waals surface area contributed by atoms with Crippen LogP contribution >= 0.6 is 0 Å². The molecular formula is C25H42O4.